The van der Waals surface area contributed by atoms with E-state index in [-0.39, 0.29) is 0 Å². The van der Waals surface area contributed by atoms with Gasteiger partial charge in [0, 0.05) is 30.7 Å². The number of anilines is 1. The first-order valence-electron chi connectivity index (χ1n) is 6.67. The van der Waals surface area contributed by atoms with E-state index in [2.05, 4.69) is 28.9 Å². The summed E-state index contributed by atoms with van der Waals surface area (Å²) >= 11 is 0. The molecule has 0 aromatic carbocycles. The molecule has 0 atom stereocenters. The molecule has 3 aromatic rings. The monoisotopic (exact) mass is 267 g/mol. The molecule has 0 amide bonds. The Hall–Kier alpha value is -2.43. The van der Waals surface area contributed by atoms with E-state index in [0.717, 1.165) is 28.7 Å². The zero-order chi connectivity index (χ0) is 14.1. The van der Waals surface area contributed by atoms with Crippen LogP contribution in [0.2, 0.25) is 0 Å². The van der Waals surface area contributed by atoms with E-state index in [9.17, 15) is 0 Å². The molecule has 0 saturated carbocycles. The highest BCUT2D eigenvalue weighted by Gasteiger charge is 2.11. The molecule has 0 saturated heterocycles. The summed E-state index contributed by atoms with van der Waals surface area (Å²) in [6.07, 6.45) is 5.39. The lowest BCUT2D eigenvalue weighted by Crippen LogP contribution is -2.06. The molecule has 0 fully saturated rings. The van der Waals surface area contributed by atoms with Crippen molar-refractivity contribution in [3.63, 3.8) is 0 Å². The Labute approximate surface area is 117 Å². The highest BCUT2D eigenvalue weighted by molar-refractivity contribution is 5.89. The molecule has 3 aromatic heterocycles. The Morgan fingerprint density at radius 3 is 2.65 bits per heavy atom. The van der Waals surface area contributed by atoms with Crippen molar-refractivity contribution in [3.8, 4) is 11.1 Å². The second kappa shape index (κ2) is 4.92. The maximum absolute atomic E-state index is 6.02. The van der Waals surface area contributed by atoms with E-state index in [0.29, 0.717) is 11.7 Å². The van der Waals surface area contributed by atoms with E-state index >= 15 is 0 Å². The number of nitrogens with two attached hydrogens (primary N) is 1. The summed E-state index contributed by atoms with van der Waals surface area (Å²) < 4.78 is 1.88. The van der Waals surface area contributed by atoms with E-state index in [1.165, 1.54) is 0 Å². The number of rotatable bonds is 3. The van der Waals surface area contributed by atoms with E-state index < -0.39 is 0 Å². The van der Waals surface area contributed by atoms with Crippen LogP contribution in [0.1, 0.15) is 13.8 Å². The first kappa shape index (κ1) is 12.6. The van der Waals surface area contributed by atoms with Crippen LogP contribution in [0.5, 0.6) is 0 Å². The SMILES string of the molecule is CC(C)Cn1nc(N)c2cc(-c3ccncc3)cnc21. The molecule has 0 spiro atoms. The zero-order valence-electron chi connectivity index (χ0n) is 11.6. The molecule has 0 radical (unpaired) electrons. The van der Waals surface area contributed by atoms with E-state index in [1.807, 2.05) is 29.1 Å². The van der Waals surface area contributed by atoms with Crippen molar-refractivity contribution in [2.75, 3.05) is 5.73 Å². The molecule has 3 rings (SSSR count). The maximum Gasteiger partial charge on any atom is 0.160 e. The molecule has 0 bridgehead atoms. The first-order chi connectivity index (χ1) is 9.65. The number of pyridine rings is 2. The van der Waals surface area contributed by atoms with Gasteiger partial charge in [0.15, 0.2) is 11.5 Å². The van der Waals surface area contributed by atoms with E-state index in [4.69, 9.17) is 5.73 Å². The Kier molecular flexibility index (Phi) is 3.10. The average molecular weight is 267 g/mol. The third-order valence-corrected chi connectivity index (χ3v) is 3.17. The Bertz CT molecular complexity index is 731. The molecule has 5 heteroatoms. The first-order valence-corrected chi connectivity index (χ1v) is 6.67. The average Bonchev–Trinajstić information content (AvgIpc) is 2.75. The summed E-state index contributed by atoms with van der Waals surface area (Å²) in [5.74, 6) is 1.03. The van der Waals surface area contributed by atoms with Crippen molar-refractivity contribution in [2.45, 2.75) is 20.4 Å². The smallest absolute Gasteiger partial charge is 0.160 e. The van der Waals surface area contributed by atoms with Crippen molar-refractivity contribution in [2.24, 2.45) is 5.92 Å². The summed E-state index contributed by atoms with van der Waals surface area (Å²) in [5.41, 5.74) is 8.96. The molecule has 3 heterocycles. The molecule has 5 nitrogen and oxygen atoms in total. The lowest BCUT2D eigenvalue weighted by atomic mass is 10.1. The number of nitrogens with zero attached hydrogens (tertiary/aromatic N) is 4. The minimum atomic E-state index is 0.499. The van der Waals surface area contributed by atoms with Crippen LogP contribution in [0.15, 0.2) is 36.8 Å². The normalized spacial score (nSPS) is 11.3. The second-order valence-corrected chi connectivity index (χ2v) is 5.29. The zero-order valence-corrected chi connectivity index (χ0v) is 11.6. The fraction of sp³-hybridized carbons (Fsp3) is 0.267. The van der Waals surface area contributed by atoms with Gasteiger partial charge in [-0.15, -0.1) is 0 Å². The van der Waals surface area contributed by atoms with Crippen LogP contribution in [0, 0.1) is 5.92 Å². The summed E-state index contributed by atoms with van der Waals surface area (Å²) in [4.78, 5) is 8.56. The largest absolute Gasteiger partial charge is 0.382 e. The van der Waals surface area contributed by atoms with Crippen LogP contribution < -0.4 is 5.73 Å². The number of hydrogen-bond donors (Lipinski definition) is 1. The Morgan fingerprint density at radius 1 is 1.20 bits per heavy atom. The van der Waals surface area contributed by atoms with Gasteiger partial charge in [0.05, 0.1) is 5.39 Å². The van der Waals surface area contributed by atoms with Crippen molar-refractivity contribution < 1.29 is 0 Å². The van der Waals surface area contributed by atoms with Crippen LogP contribution in [-0.4, -0.2) is 19.7 Å². The number of fused-ring (bicyclic) bond motifs is 1. The summed E-state index contributed by atoms with van der Waals surface area (Å²) in [6, 6.07) is 5.95. The quantitative estimate of drug-likeness (QED) is 0.792. The minimum Gasteiger partial charge on any atom is -0.382 e. The van der Waals surface area contributed by atoms with Gasteiger partial charge in [0.25, 0.3) is 0 Å². The molecule has 102 valence electrons. The lowest BCUT2D eigenvalue weighted by Gasteiger charge is -2.06. The fourth-order valence-electron chi connectivity index (χ4n) is 2.26. The lowest BCUT2D eigenvalue weighted by molar-refractivity contribution is 0.494. The molecule has 2 N–H and O–H groups in total. The fourth-order valence-corrected chi connectivity index (χ4v) is 2.26. The van der Waals surface area contributed by atoms with Gasteiger partial charge in [-0.1, -0.05) is 13.8 Å². The highest BCUT2D eigenvalue weighted by Crippen LogP contribution is 2.25. The molecular formula is C15H17N5. The van der Waals surface area contributed by atoms with Crippen molar-refractivity contribution in [3.05, 3.63) is 36.8 Å². The summed E-state index contributed by atoms with van der Waals surface area (Å²) in [5, 5.41) is 5.29. The highest BCUT2D eigenvalue weighted by atomic mass is 15.3. The standard InChI is InChI=1S/C15H17N5/c1-10(2)9-20-15-13(14(16)19-20)7-12(8-18-15)11-3-5-17-6-4-11/h3-8,10H,9H2,1-2H3,(H2,16,19). The van der Waals surface area contributed by atoms with Crippen molar-refractivity contribution in [1.82, 2.24) is 19.7 Å². The number of aromatic nitrogens is 4. The van der Waals surface area contributed by atoms with Gasteiger partial charge >= 0.3 is 0 Å². The number of nitrogen functional groups attached to an aromatic ring is 1. The second-order valence-electron chi connectivity index (χ2n) is 5.29. The molecule has 0 aliphatic carbocycles. The molecular weight excluding hydrogens is 250 g/mol. The maximum atomic E-state index is 6.02. The van der Waals surface area contributed by atoms with E-state index in [1.54, 1.807) is 12.4 Å². The summed E-state index contributed by atoms with van der Waals surface area (Å²) in [7, 11) is 0. The van der Waals surface area contributed by atoms with Crippen molar-refractivity contribution in [1.29, 1.82) is 0 Å². The van der Waals surface area contributed by atoms with Crippen LogP contribution >= 0.6 is 0 Å². The number of hydrogen-bond acceptors (Lipinski definition) is 4. The van der Waals surface area contributed by atoms with Gasteiger partial charge in [-0.2, -0.15) is 5.10 Å². The van der Waals surface area contributed by atoms with Gasteiger partial charge < -0.3 is 5.73 Å². The molecule has 0 unspecified atom stereocenters. The van der Waals surface area contributed by atoms with Crippen LogP contribution in [0.25, 0.3) is 22.2 Å². The van der Waals surface area contributed by atoms with Crippen LogP contribution in [-0.2, 0) is 6.54 Å². The van der Waals surface area contributed by atoms with Gasteiger partial charge in [0.2, 0.25) is 0 Å². The third kappa shape index (κ3) is 2.22. The van der Waals surface area contributed by atoms with Crippen LogP contribution in [0.3, 0.4) is 0 Å². The molecule has 20 heavy (non-hydrogen) atoms. The minimum absolute atomic E-state index is 0.499. The topological polar surface area (TPSA) is 69.6 Å². The summed E-state index contributed by atoms with van der Waals surface area (Å²) in [6.45, 7) is 5.11. The van der Waals surface area contributed by atoms with Gasteiger partial charge in [0.1, 0.15) is 0 Å². The third-order valence-electron chi connectivity index (χ3n) is 3.17. The van der Waals surface area contributed by atoms with Crippen molar-refractivity contribution >= 4 is 16.9 Å². The Morgan fingerprint density at radius 2 is 1.95 bits per heavy atom. The van der Waals surface area contributed by atoms with Gasteiger partial charge in [-0.3, -0.25) is 4.98 Å². The van der Waals surface area contributed by atoms with Gasteiger partial charge in [-0.25, -0.2) is 9.67 Å². The Balaban J connectivity index is 2.11. The molecule has 0 aliphatic heterocycles. The molecule has 0 aliphatic rings. The predicted molar refractivity (Wildman–Crippen MR) is 80.0 cm³/mol. The predicted octanol–water partition coefficient (Wildman–Crippen LogP) is 2.73. The van der Waals surface area contributed by atoms with Crippen LogP contribution in [0.4, 0.5) is 5.82 Å². The van der Waals surface area contributed by atoms with Gasteiger partial charge in [-0.05, 0) is 29.7 Å².